The Hall–Kier alpha value is -1.84. The van der Waals surface area contributed by atoms with Crippen molar-refractivity contribution in [3.63, 3.8) is 0 Å². The lowest BCUT2D eigenvalue weighted by Gasteiger charge is -2.11. The van der Waals surface area contributed by atoms with E-state index in [-0.39, 0.29) is 24.0 Å². The molecular weight excluding hydrogens is 479 g/mol. The molecule has 7 nitrogen and oxygen atoms in total. The molecule has 0 saturated carbocycles. The first-order valence-electron chi connectivity index (χ1n) is 10.4. The third-order valence-corrected chi connectivity index (χ3v) is 4.59. The van der Waals surface area contributed by atoms with Gasteiger partial charge in [0.15, 0.2) is 11.7 Å². The maximum atomic E-state index is 5.45. The van der Waals surface area contributed by atoms with Crippen LogP contribution in [0.25, 0.3) is 0 Å². The van der Waals surface area contributed by atoms with Crippen molar-refractivity contribution in [1.29, 1.82) is 0 Å². The standard InChI is InChI=1S/C21H34N6O.HI/c1-4-17(5-2)19-15-18(28-27-19)16-26-21(22-6-3)25-14-10-9-13-24-20-11-7-8-12-23-20;/h7-8,11-12,15,17H,4-6,9-10,13-14,16H2,1-3H3,(H,23,24)(H2,22,25,26);1H. The van der Waals surface area contributed by atoms with Crippen molar-refractivity contribution >= 4 is 35.8 Å². The van der Waals surface area contributed by atoms with Crippen molar-refractivity contribution in [2.45, 2.75) is 58.9 Å². The van der Waals surface area contributed by atoms with E-state index in [1.165, 1.54) is 0 Å². The Balaban J connectivity index is 0.00000420. The second-order valence-electron chi connectivity index (χ2n) is 6.70. The van der Waals surface area contributed by atoms with E-state index in [2.05, 4.69) is 51.9 Å². The summed E-state index contributed by atoms with van der Waals surface area (Å²) in [7, 11) is 0. The van der Waals surface area contributed by atoms with Gasteiger partial charge in [0.25, 0.3) is 0 Å². The molecule has 0 radical (unpaired) electrons. The summed E-state index contributed by atoms with van der Waals surface area (Å²) in [5.74, 6) is 3.00. The number of rotatable bonds is 12. The summed E-state index contributed by atoms with van der Waals surface area (Å²) in [6.45, 7) is 9.51. The number of hydrogen-bond donors (Lipinski definition) is 3. The minimum Gasteiger partial charge on any atom is -0.370 e. The molecule has 0 bridgehead atoms. The second kappa shape index (κ2) is 15.1. The molecule has 0 aliphatic heterocycles. The van der Waals surface area contributed by atoms with E-state index in [4.69, 9.17) is 4.52 Å². The molecule has 0 aliphatic carbocycles. The number of nitrogens with one attached hydrogen (secondary N) is 3. The molecule has 0 spiro atoms. The molecule has 0 aliphatic rings. The highest BCUT2D eigenvalue weighted by molar-refractivity contribution is 14.0. The molecule has 0 aromatic carbocycles. The summed E-state index contributed by atoms with van der Waals surface area (Å²) in [6, 6.07) is 7.92. The van der Waals surface area contributed by atoms with Crippen LogP contribution in [0.1, 0.15) is 63.8 Å². The number of nitrogens with zero attached hydrogens (tertiary/aromatic N) is 3. The normalized spacial score (nSPS) is 11.2. The molecule has 2 aromatic heterocycles. The maximum absolute atomic E-state index is 5.45. The minimum absolute atomic E-state index is 0. The molecule has 0 amide bonds. The Bertz CT molecular complexity index is 687. The molecule has 0 fully saturated rings. The summed E-state index contributed by atoms with van der Waals surface area (Å²) < 4.78 is 5.45. The minimum atomic E-state index is 0. The predicted molar refractivity (Wildman–Crippen MR) is 130 cm³/mol. The van der Waals surface area contributed by atoms with Gasteiger partial charge in [-0.3, -0.25) is 0 Å². The van der Waals surface area contributed by atoms with Gasteiger partial charge in [-0.05, 0) is 44.7 Å². The van der Waals surface area contributed by atoms with E-state index in [0.29, 0.717) is 12.5 Å². The van der Waals surface area contributed by atoms with Crippen LogP contribution in [0.2, 0.25) is 0 Å². The molecule has 8 heteroatoms. The Morgan fingerprint density at radius 3 is 2.59 bits per heavy atom. The molecule has 29 heavy (non-hydrogen) atoms. The highest BCUT2D eigenvalue weighted by atomic mass is 127. The van der Waals surface area contributed by atoms with E-state index in [1.54, 1.807) is 6.20 Å². The zero-order chi connectivity index (χ0) is 20.0. The Labute approximate surface area is 191 Å². The summed E-state index contributed by atoms with van der Waals surface area (Å²) in [5.41, 5.74) is 1.04. The van der Waals surface area contributed by atoms with Gasteiger partial charge in [0, 0.05) is 37.8 Å². The van der Waals surface area contributed by atoms with E-state index >= 15 is 0 Å². The molecule has 0 saturated heterocycles. The number of anilines is 1. The van der Waals surface area contributed by atoms with Crippen molar-refractivity contribution in [3.8, 4) is 0 Å². The van der Waals surface area contributed by atoms with Crippen molar-refractivity contribution < 1.29 is 4.52 Å². The maximum Gasteiger partial charge on any atom is 0.191 e. The van der Waals surface area contributed by atoms with Gasteiger partial charge in [0.1, 0.15) is 12.4 Å². The highest BCUT2D eigenvalue weighted by Gasteiger charge is 2.12. The number of unbranched alkanes of at least 4 members (excludes halogenated alkanes) is 1. The van der Waals surface area contributed by atoms with Crippen molar-refractivity contribution in [2.24, 2.45) is 4.99 Å². The van der Waals surface area contributed by atoms with E-state index in [0.717, 1.165) is 68.5 Å². The first-order valence-corrected chi connectivity index (χ1v) is 10.4. The van der Waals surface area contributed by atoms with Crippen LogP contribution in [0.3, 0.4) is 0 Å². The van der Waals surface area contributed by atoms with Gasteiger partial charge in [-0.15, -0.1) is 24.0 Å². The fourth-order valence-corrected chi connectivity index (χ4v) is 2.94. The molecule has 2 heterocycles. The summed E-state index contributed by atoms with van der Waals surface area (Å²) in [6.07, 6.45) is 6.05. The van der Waals surface area contributed by atoms with E-state index in [1.807, 2.05) is 24.3 Å². The third-order valence-electron chi connectivity index (χ3n) is 4.59. The monoisotopic (exact) mass is 514 g/mol. The SMILES string of the molecule is CCNC(=NCc1cc(C(CC)CC)no1)NCCCCNc1ccccn1.I. The van der Waals surface area contributed by atoms with Crippen LogP contribution in [-0.2, 0) is 6.54 Å². The molecule has 3 N–H and O–H groups in total. The van der Waals surface area contributed by atoms with E-state index in [9.17, 15) is 0 Å². The van der Waals surface area contributed by atoms with Crippen molar-refractivity contribution in [1.82, 2.24) is 20.8 Å². The number of hydrogen-bond acceptors (Lipinski definition) is 5. The van der Waals surface area contributed by atoms with Crippen LogP contribution in [0.4, 0.5) is 5.82 Å². The lowest BCUT2D eigenvalue weighted by Crippen LogP contribution is -2.37. The van der Waals surface area contributed by atoms with Gasteiger partial charge in [0.2, 0.25) is 0 Å². The topological polar surface area (TPSA) is 87.4 Å². The summed E-state index contributed by atoms with van der Waals surface area (Å²) >= 11 is 0. The lowest BCUT2D eigenvalue weighted by molar-refractivity contribution is 0.372. The summed E-state index contributed by atoms with van der Waals surface area (Å²) in [4.78, 5) is 8.86. The average molecular weight is 514 g/mol. The van der Waals surface area contributed by atoms with Crippen LogP contribution < -0.4 is 16.0 Å². The molecule has 162 valence electrons. The Morgan fingerprint density at radius 2 is 1.90 bits per heavy atom. The van der Waals surface area contributed by atoms with Gasteiger partial charge in [-0.2, -0.15) is 0 Å². The molecular formula is C21H35IN6O. The lowest BCUT2D eigenvalue weighted by atomic mass is 9.99. The van der Waals surface area contributed by atoms with Crippen molar-refractivity contribution in [3.05, 3.63) is 41.9 Å². The van der Waals surface area contributed by atoms with Crippen LogP contribution in [0.15, 0.2) is 40.0 Å². The van der Waals surface area contributed by atoms with Crippen molar-refractivity contribution in [2.75, 3.05) is 25.0 Å². The predicted octanol–water partition coefficient (Wildman–Crippen LogP) is 4.54. The number of halogens is 1. The zero-order valence-electron chi connectivity index (χ0n) is 17.8. The Morgan fingerprint density at radius 1 is 1.10 bits per heavy atom. The molecule has 2 rings (SSSR count). The first kappa shape index (κ1) is 25.2. The number of aromatic nitrogens is 2. The van der Waals surface area contributed by atoms with Crippen LogP contribution >= 0.6 is 24.0 Å². The van der Waals surface area contributed by atoms with Gasteiger partial charge in [0.05, 0.1) is 5.69 Å². The largest absolute Gasteiger partial charge is 0.370 e. The number of guanidine groups is 1. The van der Waals surface area contributed by atoms with Crippen LogP contribution in [-0.4, -0.2) is 35.7 Å². The molecule has 0 atom stereocenters. The fourth-order valence-electron chi connectivity index (χ4n) is 2.94. The second-order valence-corrected chi connectivity index (χ2v) is 6.70. The van der Waals surface area contributed by atoms with E-state index < -0.39 is 0 Å². The Kier molecular flexibility index (Phi) is 13.1. The van der Waals surface area contributed by atoms with Gasteiger partial charge in [-0.25, -0.2) is 9.98 Å². The van der Waals surface area contributed by atoms with Gasteiger partial charge >= 0.3 is 0 Å². The van der Waals surface area contributed by atoms with Gasteiger partial charge in [-0.1, -0.05) is 25.1 Å². The quantitative estimate of drug-likeness (QED) is 0.167. The molecule has 2 aromatic rings. The zero-order valence-corrected chi connectivity index (χ0v) is 20.1. The third kappa shape index (κ3) is 9.47. The number of aliphatic imine (C=N–C) groups is 1. The number of pyridine rings is 1. The van der Waals surface area contributed by atoms with Gasteiger partial charge < -0.3 is 20.5 Å². The van der Waals surface area contributed by atoms with Crippen LogP contribution in [0.5, 0.6) is 0 Å². The average Bonchev–Trinajstić information content (AvgIpc) is 3.19. The smallest absolute Gasteiger partial charge is 0.191 e. The molecule has 0 unspecified atom stereocenters. The first-order chi connectivity index (χ1) is 13.8. The highest BCUT2D eigenvalue weighted by Crippen LogP contribution is 2.22. The fraction of sp³-hybridized carbons (Fsp3) is 0.571. The summed E-state index contributed by atoms with van der Waals surface area (Å²) in [5, 5.41) is 14.2. The van der Waals surface area contributed by atoms with Crippen LogP contribution in [0, 0.1) is 0 Å².